The third-order valence-electron chi connectivity index (χ3n) is 2.31. The molecule has 0 aliphatic carbocycles. The minimum atomic E-state index is -0.550. The van der Waals surface area contributed by atoms with E-state index >= 15 is 0 Å². The Bertz CT molecular complexity index is 694. The number of rotatable bonds is 3. The Morgan fingerprint density at radius 3 is 2.30 bits per heavy atom. The smallest absolute Gasteiger partial charge is 0.312 e. The minimum absolute atomic E-state index is 0.0542. The molecule has 2 rings (SSSR count). The second kappa shape index (κ2) is 6.18. The van der Waals surface area contributed by atoms with E-state index in [1.165, 1.54) is 24.3 Å². The molecule has 0 amide bonds. The van der Waals surface area contributed by atoms with Gasteiger partial charge in [-0.05, 0) is 18.2 Å². The first kappa shape index (κ1) is 15.4. The van der Waals surface area contributed by atoms with Crippen molar-refractivity contribution in [2.45, 2.75) is 0 Å². The second-order valence-electron chi connectivity index (χ2n) is 3.67. The zero-order chi connectivity index (χ0) is 14.9. The van der Waals surface area contributed by atoms with Crippen molar-refractivity contribution in [1.29, 1.82) is 0 Å². The molecule has 20 heavy (non-hydrogen) atoms. The van der Waals surface area contributed by atoms with Crippen LogP contribution >= 0.6 is 50.7 Å². The first-order valence-corrected chi connectivity index (χ1v) is 7.07. The lowest BCUT2D eigenvalue weighted by Crippen LogP contribution is -1.94. The maximum atomic E-state index is 11.0. The Morgan fingerprint density at radius 2 is 1.65 bits per heavy atom. The highest BCUT2D eigenvalue weighted by Gasteiger charge is 2.18. The van der Waals surface area contributed by atoms with Gasteiger partial charge < -0.3 is 4.74 Å². The SMILES string of the molecule is O=[N+]([O-])c1cc(Br)ccc1Oc1cc(Cl)c(Cl)cc1Cl. The zero-order valence-electron chi connectivity index (χ0n) is 9.57. The van der Waals surface area contributed by atoms with E-state index in [0.717, 1.165) is 0 Å². The molecule has 0 heterocycles. The fraction of sp³-hybridized carbons (Fsp3) is 0. The van der Waals surface area contributed by atoms with Crippen LogP contribution in [-0.4, -0.2) is 4.92 Å². The van der Waals surface area contributed by atoms with Crippen molar-refractivity contribution in [2.24, 2.45) is 0 Å². The van der Waals surface area contributed by atoms with E-state index < -0.39 is 4.92 Å². The largest absolute Gasteiger partial charge is 0.448 e. The van der Waals surface area contributed by atoms with E-state index in [1.807, 2.05) is 0 Å². The molecule has 0 unspecified atom stereocenters. The highest BCUT2D eigenvalue weighted by atomic mass is 79.9. The predicted molar refractivity (Wildman–Crippen MR) is 82.3 cm³/mol. The van der Waals surface area contributed by atoms with Crippen molar-refractivity contribution in [3.63, 3.8) is 0 Å². The summed E-state index contributed by atoms with van der Waals surface area (Å²) in [6, 6.07) is 7.22. The molecule has 0 atom stereocenters. The quantitative estimate of drug-likeness (QED) is 0.357. The molecule has 0 bridgehead atoms. The monoisotopic (exact) mass is 395 g/mol. The average Bonchev–Trinajstić information content (AvgIpc) is 2.37. The van der Waals surface area contributed by atoms with Crippen LogP contribution in [0.15, 0.2) is 34.8 Å². The summed E-state index contributed by atoms with van der Waals surface area (Å²) in [7, 11) is 0. The van der Waals surface area contributed by atoms with Crippen molar-refractivity contribution in [3.05, 3.63) is 60.0 Å². The van der Waals surface area contributed by atoms with Crippen molar-refractivity contribution < 1.29 is 9.66 Å². The Labute approximate surface area is 137 Å². The van der Waals surface area contributed by atoms with Gasteiger partial charge in [0, 0.05) is 16.6 Å². The van der Waals surface area contributed by atoms with Gasteiger partial charge in [0.1, 0.15) is 5.75 Å². The molecule has 104 valence electrons. The third-order valence-corrected chi connectivity index (χ3v) is 3.82. The molecule has 0 saturated carbocycles. The topological polar surface area (TPSA) is 52.4 Å². The Balaban J connectivity index is 2.45. The van der Waals surface area contributed by atoms with Crippen molar-refractivity contribution >= 4 is 56.4 Å². The molecular formula is C12H5BrCl3NO3. The van der Waals surface area contributed by atoms with E-state index in [-0.39, 0.29) is 32.3 Å². The van der Waals surface area contributed by atoms with Gasteiger partial charge in [0.15, 0.2) is 0 Å². The van der Waals surface area contributed by atoms with Gasteiger partial charge in [-0.1, -0.05) is 50.7 Å². The van der Waals surface area contributed by atoms with Gasteiger partial charge in [0.2, 0.25) is 5.75 Å². The minimum Gasteiger partial charge on any atom is -0.448 e. The van der Waals surface area contributed by atoms with E-state index in [9.17, 15) is 10.1 Å². The highest BCUT2D eigenvalue weighted by Crippen LogP contribution is 2.39. The number of hydrogen-bond donors (Lipinski definition) is 0. The number of halogens is 4. The highest BCUT2D eigenvalue weighted by molar-refractivity contribution is 9.10. The van der Waals surface area contributed by atoms with Gasteiger partial charge in [-0.3, -0.25) is 10.1 Å². The summed E-state index contributed by atoms with van der Waals surface area (Å²) in [5.41, 5.74) is -0.193. The summed E-state index contributed by atoms with van der Waals surface area (Å²) in [5, 5.41) is 11.7. The normalized spacial score (nSPS) is 10.4. The summed E-state index contributed by atoms with van der Waals surface area (Å²) in [5.74, 6) is 0.241. The van der Waals surface area contributed by atoms with E-state index in [0.29, 0.717) is 4.47 Å². The number of nitro groups is 1. The van der Waals surface area contributed by atoms with Gasteiger partial charge in [0.05, 0.1) is 20.0 Å². The molecule has 0 saturated heterocycles. The van der Waals surface area contributed by atoms with E-state index in [4.69, 9.17) is 39.5 Å². The number of nitrogens with zero attached hydrogens (tertiary/aromatic N) is 1. The lowest BCUT2D eigenvalue weighted by molar-refractivity contribution is -0.385. The Kier molecular flexibility index (Phi) is 4.75. The molecule has 0 aliphatic heterocycles. The van der Waals surface area contributed by atoms with Crippen molar-refractivity contribution in [3.8, 4) is 11.5 Å². The van der Waals surface area contributed by atoms with Gasteiger partial charge >= 0.3 is 5.69 Å². The maximum Gasteiger partial charge on any atom is 0.312 e. The lowest BCUT2D eigenvalue weighted by atomic mass is 10.3. The van der Waals surface area contributed by atoms with Gasteiger partial charge in [0.25, 0.3) is 0 Å². The lowest BCUT2D eigenvalue weighted by Gasteiger charge is -2.09. The molecule has 0 fully saturated rings. The van der Waals surface area contributed by atoms with Crippen LogP contribution in [0.3, 0.4) is 0 Å². The van der Waals surface area contributed by atoms with Crippen LogP contribution < -0.4 is 4.74 Å². The second-order valence-corrected chi connectivity index (χ2v) is 5.81. The first-order valence-electron chi connectivity index (χ1n) is 5.15. The molecule has 0 aliphatic rings. The number of ether oxygens (including phenoxy) is 1. The molecule has 2 aromatic carbocycles. The fourth-order valence-electron chi connectivity index (χ4n) is 1.42. The summed E-state index contributed by atoms with van der Waals surface area (Å²) in [4.78, 5) is 10.4. The van der Waals surface area contributed by atoms with Gasteiger partial charge in [-0.25, -0.2) is 0 Å². The van der Waals surface area contributed by atoms with Crippen molar-refractivity contribution in [1.82, 2.24) is 0 Å². The number of benzene rings is 2. The predicted octanol–water partition coefficient (Wildman–Crippen LogP) is 6.11. The summed E-state index contributed by atoms with van der Waals surface area (Å²) >= 11 is 20.8. The van der Waals surface area contributed by atoms with Gasteiger partial charge in [-0.15, -0.1) is 0 Å². The molecule has 0 radical (unpaired) electrons. The Morgan fingerprint density at radius 1 is 1.00 bits per heavy atom. The van der Waals surface area contributed by atoms with Crippen LogP contribution in [0.25, 0.3) is 0 Å². The van der Waals surface area contributed by atoms with Crippen LogP contribution in [0, 0.1) is 10.1 Å². The fourth-order valence-corrected chi connectivity index (χ4v) is 2.34. The average molecular weight is 397 g/mol. The van der Waals surface area contributed by atoms with Crippen LogP contribution in [0.1, 0.15) is 0 Å². The number of nitro benzene ring substituents is 1. The maximum absolute atomic E-state index is 11.0. The summed E-state index contributed by atoms with van der Waals surface area (Å²) in [6.07, 6.45) is 0. The first-order chi connectivity index (χ1) is 9.38. The molecule has 4 nitrogen and oxygen atoms in total. The molecule has 0 N–H and O–H groups in total. The molecule has 0 spiro atoms. The summed E-state index contributed by atoms with van der Waals surface area (Å²) < 4.78 is 6.02. The van der Waals surface area contributed by atoms with Crippen LogP contribution in [0.4, 0.5) is 5.69 Å². The van der Waals surface area contributed by atoms with Crippen LogP contribution in [0.5, 0.6) is 11.5 Å². The van der Waals surface area contributed by atoms with Crippen LogP contribution in [0.2, 0.25) is 15.1 Å². The third kappa shape index (κ3) is 3.35. The molecular weight excluding hydrogens is 392 g/mol. The summed E-state index contributed by atoms with van der Waals surface area (Å²) in [6.45, 7) is 0. The van der Waals surface area contributed by atoms with Gasteiger partial charge in [-0.2, -0.15) is 0 Å². The van der Waals surface area contributed by atoms with Crippen molar-refractivity contribution in [2.75, 3.05) is 0 Å². The van der Waals surface area contributed by atoms with Crippen LogP contribution in [-0.2, 0) is 0 Å². The molecule has 8 heteroatoms. The Hall–Kier alpha value is -1.01. The molecule has 2 aromatic rings. The standard InChI is InChI=1S/C12H5BrCl3NO3/c13-6-1-2-11(10(3-6)17(18)19)20-12-5-8(15)7(14)4-9(12)16/h1-5H. The van der Waals surface area contributed by atoms with E-state index in [2.05, 4.69) is 15.9 Å². The molecule has 0 aromatic heterocycles. The number of hydrogen-bond acceptors (Lipinski definition) is 3. The zero-order valence-corrected chi connectivity index (χ0v) is 13.4. The van der Waals surface area contributed by atoms with E-state index in [1.54, 1.807) is 6.07 Å².